The second kappa shape index (κ2) is 34.7. The topological polar surface area (TPSA) is 521 Å². The van der Waals surface area contributed by atoms with Crippen LogP contribution in [0.4, 0.5) is 27.7 Å². The van der Waals surface area contributed by atoms with Crippen molar-refractivity contribution < 1.29 is 77.9 Å². The van der Waals surface area contributed by atoms with Crippen LogP contribution < -0.4 is 39.2 Å². The number of aliphatic hydroxyl groups excluding tert-OH is 6. The molecule has 0 bridgehead atoms. The molecule has 7 fully saturated rings. The molecule has 7 aliphatic heterocycles. The normalized spacial score (nSPS) is 29.1. The summed E-state index contributed by atoms with van der Waals surface area (Å²) in [5.41, 5.74) is 21.1. The molecular weight excluding hydrogens is 1400 g/mol. The van der Waals surface area contributed by atoms with Crippen molar-refractivity contribution in [2.75, 3.05) is 73.3 Å². The van der Waals surface area contributed by atoms with E-state index in [1.807, 2.05) is 84.2 Å². The lowest BCUT2D eigenvalue weighted by atomic mass is 9.75. The zero-order valence-electron chi connectivity index (χ0n) is 57.3. The number of likely N-dealkylation sites (tertiary alicyclic amines) is 2. The Kier molecular flexibility index (Phi) is 27.2. The number of anilines is 4. The number of aryl methyl sites for hydroxylation is 1. The first-order valence-corrected chi connectivity index (χ1v) is 35.4. The van der Waals surface area contributed by atoms with Gasteiger partial charge in [0.15, 0.2) is 41.1 Å². The fourth-order valence-electron chi connectivity index (χ4n) is 11.7. The number of imidazole rings is 1. The summed E-state index contributed by atoms with van der Waals surface area (Å²) in [5, 5.41) is 58.6. The average molecular weight is 1490 g/mol. The number of thioether (sulfide) groups is 3. The first kappa shape index (κ1) is 80.0. The molecule has 12 heterocycles. The minimum absolute atomic E-state index is 0.00652. The van der Waals surface area contributed by atoms with Crippen LogP contribution in [0.25, 0.3) is 21.6 Å². The molecule has 7 saturated heterocycles. The van der Waals surface area contributed by atoms with Crippen molar-refractivity contribution >= 4 is 93.1 Å². The van der Waals surface area contributed by atoms with Gasteiger partial charge in [-0.15, -0.1) is 11.8 Å². The molecule has 0 spiro atoms. The van der Waals surface area contributed by atoms with Gasteiger partial charge in [0.25, 0.3) is 0 Å². The standard InChI is InChI=1S/C13H17N5O.C13H20N4O4.C13H21NO4.C8H11N3O3S.C7H8FN3O3S.C7H9N3O3S/c1-8-15-12(17(2)3)11-13(16-8)18(7-14-11)9-4-5-10(19)6-9;1-7-13(2,3)10(19)5-11(20)17(7)12-4-8(15-16-14)9(6-18)21-12;1-8-13(2,3)10(16)6-11(17)14(8)12-5-4-9(7-15)18-12;9-5-1-2-11(8(13)10-5)6-4-15-7(3-12)14-6;8-3-1-11(6(12)10-5(3)9)4-2-15-7(13)14-4;8-4-1-2-10(6(11)9-4)5-3-14-7(12)13-5/h4-5,7,9-10,19H,6H2,1-3H3;7-9,12,18H,4-6H2,1-3H3;8-9,12,15H,4-7H2,1-3H3;1-2,6-7,12H,3-4H2,(H2,9,10,13);1,4,7,13H,2H2,(H2,9,10,12);1-2,5,7,12H,3H2,(H2,8,9,11). The number of nitrogens with zero attached hydrogens (tertiary/aromatic N) is 16. The number of azide groups is 1. The van der Waals surface area contributed by atoms with Crippen LogP contribution in [0.3, 0.4) is 0 Å². The summed E-state index contributed by atoms with van der Waals surface area (Å²) in [4.78, 5) is 114. The molecule has 102 heavy (non-hydrogen) atoms. The molecule has 41 heteroatoms. The Balaban J connectivity index is 0.000000156. The number of carbonyl (C=O) groups is 4. The van der Waals surface area contributed by atoms with Crippen molar-refractivity contribution in [3.8, 4) is 0 Å². The maximum atomic E-state index is 13.0. The maximum absolute atomic E-state index is 13.0. The second-order valence-corrected chi connectivity index (χ2v) is 29.0. The predicted molar refractivity (Wildman–Crippen MR) is 370 cm³/mol. The van der Waals surface area contributed by atoms with Gasteiger partial charge in [-0.25, -0.2) is 33.7 Å². The number of allylic oxidation sites excluding steroid dienone is 1. The molecule has 0 saturated carbocycles. The largest absolute Gasteiger partial charge is 0.394 e. The second-order valence-electron chi connectivity index (χ2n) is 25.7. The lowest BCUT2D eigenvalue weighted by Gasteiger charge is -2.45. The first-order valence-electron chi connectivity index (χ1n) is 32.2. The number of hydrogen-bond acceptors (Lipinski definition) is 32. The molecule has 37 nitrogen and oxygen atoms in total. The smallest absolute Gasteiger partial charge is 0.351 e. The van der Waals surface area contributed by atoms with Gasteiger partial charge in [-0.2, -0.15) is 15.0 Å². The van der Waals surface area contributed by atoms with E-state index in [0.29, 0.717) is 30.1 Å². The zero-order chi connectivity index (χ0) is 74.8. The number of aliphatic hydroxyl groups is 6. The van der Waals surface area contributed by atoms with Crippen molar-refractivity contribution in [1.29, 1.82) is 0 Å². The SMILES string of the molecule is CC1N(C2CC(N=[N+]=[N-])C(CO)O2)C(=O)CC(=O)C1(C)C.CC1N(C2CCC(CO)O2)C(=O)CC(=O)C1(C)C.Cc1nc(N(C)C)c2ncn(C3C=CC(O)C3)c2n1.Nc1ccn(C2CSC(CO)O2)c(=O)n1.Nc1ccn(C2CSC(O)O2)c(=O)n1.Nc1nc(=O)n(C2CSC(O)O2)cc1F. The number of ketones is 2. The number of piperidine rings is 2. The Morgan fingerprint density at radius 2 is 1.21 bits per heavy atom. The van der Waals surface area contributed by atoms with Crippen molar-refractivity contribution in [3.05, 3.63) is 103 Å². The molecule has 15 unspecified atom stereocenters. The number of ether oxygens (including phenoxy) is 5. The van der Waals surface area contributed by atoms with Crippen LogP contribution in [0.5, 0.6) is 0 Å². The molecular formula is C61H86FN19O18S3. The van der Waals surface area contributed by atoms with Crippen LogP contribution in [0.1, 0.15) is 111 Å². The fraction of sp³-hybridized carbons (Fsp3) is 0.623. The summed E-state index contributed by atoms with van der Waals surface area (Å²) in [5.74, 6) is 1.66. The number of hydrogen-bond donors (Lipinski definition) is 9. The highest BCUT2D eigenvalue weighted by molar-refractivity contribution is 8.00. The summed E-state index contributed by atoms with van der Waals surface area (Å²) in [6.45, 7) is 12.6. The minimum Gasteiger partial charge on any atom is -0.394 e. The summed E-state index contributed by atoms with van der Waals surface area (Å²) >= 11 is 3.81. The Hall–Kier alpha value is -7.74. The highest BCUT2D eigenvalue weighted by Crippen LogP contribution is 2.40. The van der Waals surface area contributed by atoms with Crippen molar-refractivity contribution in [2.24, 2.45) is 15.9 Å². The Morgan fingerprint density at radius 1 is 0.667 bits per heavy atom. The quantitative estimate of drug-likeness (QED) is 0.0293. The van der Waals surface area contributed by atoms with E-state index in [1.165, 1.54) is 44.9 Å². The van der Waals surface area contributed by atoms with Crippen LogP contribution in [-0.2, 0) is 42.9 Å². The molecule has 1 aliphatic carbocycles. The minimum atomic E-state index is -0.998. The van der Waals surface area contributed by atoms with E-state index < -0.39 is 81.6 Å². The molecule has 2 amide bonds. The lowest BCUT2D eigenvalue weighted by molar-refractivity contribution is -0.169. The van der Waals surface area contributed by atoms with E-state index in [9.17, 15) is 48.2 Å². The maximum Gasteiger partial charge on any atom is 0.351 e. The van der Waals surface area contributed by atoms with Gasteiger partial charge in [0, 0.05) is 84.4 Å². The predicted octanol–water partition coefficient (Wildman–Crippen LogP) is 1.02. The third-order valence-corrected chi connectivity index (χ3v) is 21.0. The number of Topliss-reactive ketones (excluding diaryl/α,β-unsaturated/α-hetero) is 2. The fourth-order valence-corrected chi connectivity index (χ4v) is 14.2. The monoisotopic (exact) mass is 1490 g/mol. The van der Waals surface area contributed by atoms with E-state index in [0.717, 1.165) is 58.2 Å². The average Bonchev–Trinajstić information content (AvgIpc) is 1.13. The molecule has 13 rings (SSSR count). The van der Waals surface area contributed by atoms with Crippen molar-refractivity contribution in [3.63, 3.8) is 0 Å². The summed E-state index contributed by atoms with van der Waals surface area (Å²) in [6, 6.07) is 2.17. The van der Waals surface area contributed by atoms with Crippen LogP contribution in [0, 0.1) is 23.6 Å². The van der Waals surface area contributed by atoms with Crippen molar-refractivity contribution in [1.82, 2.24) is 58.0 Å². The van der Waals surface area contributed by atoms with Gasteiger partial charge in [-0.05, 0) is 51.3 Å². The summed E-state index contributed by atoms with van der Waals surface area (Å²) < 4.78 is 45.5. The zero-order valence-corrected chi connectivity index (χ0v) is 59.8. The van der Waals surface area contributed by atoms with Gasteiger partial charge < -0.3 is 90.8 Å². The molecule has 12 N–H and O–H groups in total. The number of carbonyl (C=O) groups excluding carboxylic acids is 4. The highest BCUT2D eigenvalue weighted by atomic mass is 32.2. The Morgan fingerprint density at radius 3 is 1.68 bits per heavy atom. The van der Waals surface area contributed by atoms with Gasteiger partial charge in [0.2, 0.25) is 23.1 Å². The molecule has 8 aliphatic rings. The van der Waals surface area contributed by atoms with E-state index in [1.54, 1.807) is 28.4 Å². The van der Waals surface area contributed by atoms with Gasteiger partial charge in [0.1, 0.15) is 53.1 Å². The number of fused-ring (bicyclic) bond motifs is 1. The third kappa shape index (κ3) is 19.0. The molecule has 15 atom stereocenters. The van der Waals surface area contributed by atoms with Gasteiger partial charge >= 0.3 is 17.1 Å². The molecule has 5 aromatic heterocycles. The Bertz CT molecular complexity index is 4070. The number of aromatic nitrogens is 10. The van der Waals surface area contributed by atoms with Gasteiger partial charge in [-0.1, -0.05) is 68.5 Å². The van der Waals surface area contributed by atoms with Gasteiger partial charge in [-0.3, -0.25) is 32.9 Å². The van der Waals surface area contributed by atoms with Crippen LogP contribution in [0.2, 0.25) is 0 Å². The number of rotatable bonds is 11. The van der Waals surface area contributed by atoms with E-state index >= 15 is 0 Å². The summed E-state index contributed by atoms with van der Waals surface area (Å²) in [6.07, 6.45) is 8.29. The summed E-state index contributed by atoms with van der Waals surface area (Å²) in [7, 11) is 3.89. The molecule has 0 radical (unpaired) electrons. The van der Waals surface area contributed by atoms with Crippen LogP contribution >= 0.6 is 35.3 Å². The van der Waals surface area contributed by atoms with Crippen molar-refractivity contribution in [2.45, 2.75) is 177 Å². The lowest BCUT2D eigenvalue weighted by Crippen LogP contribution is -2.59. The Labute approximate surface area is 595 Å². The highest BCUT2D eigenvalue weighted by Gasteiger charge is 2.51. The number of amides is 2. The van der Waals surface area contributed by atoms with E-state index in [4.69, 9.17) is 66.8 Å². The van der Waals surface area contributed by atoms with Crippen LogP contribution in [0.15, 0.2) is 68.7 Å². The first-order chi connectivity index (χ1) is 48.2. The van der Waals surface area contributed by atoms with E-state index in [-0.39, 0.29) is 116 Å². The number of halogens is 1. The number of nitrogens with two attached hydrogens (primary N) is 3. The third-order valence-electron chi connectivity index (χ3n) is 18.1. The van der Waals surface area contributed by atoms with E-state index in [2.05, 4.69) is 39.9 Å². The molecule has 5 aromatic rings. The van der Waals surface area contributed by atoms with Crippen LogP contribution in [-0.4, -0.2) is 229 Å². The van der Waals surface area contributed by atoms with Gasteiger partial charge in [0.05, 0.1) is 75.6 Å². The molecule has 0 aromatic carbocycles. The molecule has 558 valence electrons. The number of nitrogen functional groups attached to an aromatic ring is 3.